The zero-order chi connectivity index (χ0) is 16.0. The molecule has 0 bridgehead atoms. The Bertz CT molecular complexity index is 1010. The molecule has 0 saturated heterocycles. The summed E-state index contributed by atoms with van der Waals surface area (Å²) in [5, 5.41) is 6.74. The third-order valence-electron chi connectivity index (χ3n) is 3.60. The molecule has 0 N–H and O–H groups in total. The summed E-state index contributed by atoms with van der Waals surface area (Å²) in [6.07, 6.45) is 3.51. The molecule has 23 heavy (non-hydrogen) atoms. The molecule has 0 aliphatic rings. The van der Waals surface area contributed by atoms with Crippen LogP contribution in [0.3, 0.4) is 0 Å². The number of rotatable bonds is 2. The minimum absolute atomic E-state index is 0.458. The van der Waals surface area contributed by atoms with Gasteiger partial charge in [0, 0.05) is 30.4 Å². The number of fused-ring (bicyclic) bond motifs is 1. The Morgan fingerprint density at radius 3 is 2.83 bits per heavy atom. The summed E-state index contributed by atoms with van der Waals surface area (Å²) in [6, 6.07) is 7.84. The molecule has 7 heteroatoms. The Morgan fingerprint density at radius 1 is 1.17 bits per heavy atom. The van der Waals surface area contributed by atoms with Crippen molar-refractivity contribution < 1.29 is 0 Å². The number of hydrogen-bond acceptors (Lipinski definition) is 5. The molecule has 4 aromatic rings. The summed E-state index contributed by atoms with van der Waals surface area (Å²) in [5.74, 6) is 0. The van der Waals surface area contributed by atoms with E-state index in [2.05, 4.69) is 15.1 Å². The molecule has 4 rings (SSSR count). The molecule has 114 valence electrons. The van der Waals surface area contributed by atoms with Gasteiger partial charge in [-0.2, -0.15) is 5.10 Å². The van der Waals surface area contributed by atoms with Gasteiger partial charge in [-0.05, 0) is 31.2 Å². The number of aryl methyl sites for hydroxylation is 2. The molecule has 0 atom stereocenters. The first kappa shape index (κ1) is 14.3. The van der Waals surface area contributed by atoms with Crippen LogP contribution in [0.1, 0.15) is 5.69 Å². The van der Waals surface area contributed by atoms with Crippen molar-refractivity contribution in [2.45, 2.75) is 6.92 Å². The molecule has 4 aromatic heterocycles. The molecule has 0 amide bonds. The summed E-state index contributed by atoms with van der Waals surface area (Å²) in [5.41, 5.74) is 3.56. The SMILES string of the molecule is Cc1nn(C)c2nc(-c3sc(-c4cccnc4)nc3Cl)ccc12. The van der Waals surface area contributed by atoms with Gasteiger partial charge in [0.1, 0.15) is 10.2 Å². The lowest BCUT2D eigenvalue weighted by atomic mass is 10.2. The highest BCUT2D eigenvalue weighted by molar-refractivity contribution is 7.19. The van der Waals surface area contributed by atoms with Gasteiger partial charge in [0.15, 0.2) is 5.65 Å². The van der Waals surface area contributed by atoms with Gasteiger partial charge < -0.3 is 0 Å². The third kappa shape index (κ3) is 2.40. The zero-order valence-electron chi connectivity index (χ0n) is 12.5. The van der Waals surface area contributed by atoms with E-state index >= 15 is 0 Å². The maximum Gasteiger partial charge on any atom is 0.158 e. The summed E-state index contributed by atoms with van der Waals surface area (Å²) in [4.78, 5) is 14.1. The third-order valence-corrected chi connectivity index (χ3v) is 5.11. The van der Waals surface area contributed by atoms with Crippen LogP contribution in [0.5, 0.6) is 0 Å². The maximum absolute atomic E-state index is 6.34. The highest BCUT2D eigenvalue weighted by Gasteiger charge is 2.16. The Hall–Kier alpha value is -2.31. The second-order valence-electron chi connectivity index (χ2n) is 5.16. The van der Waals surface area contributed by atoms with E-state index in [-0.39, 0.29) is 0 Å². The van der Waals surface area contributed by atoms with Gasteiger partial charge >= 0.3 is 0 Å². The van der Waals surface area contributed by atoms with Crippen LogP contribution < -0.4 is 0 Å². The smallest absolute Gasteiger partial charge is 0.158 e. The highest BCUT2D eigenvalue weighted by atomic mass is 35.5. The fourth-order valence-electron chi connectivity index (χ4n) is 2.50. The lowest BCUT2D eigenvalue weighted by Gasteiger charge is -1.99. The minimum Gasteiger partial charge on any atom is -0.264 e. The van der Waals surface area contributed by atoms with E-state index in [1.165, 1.54) is 11.3 Å². The Labute approximate surface area is 141 Å². The van der Waals surface area contributed by atoms with Crippen LogP contribution in [0.4, 0.5) is 0 Å². The van der Waals surface area contributed by atoms with Crippen molar-refractivity contribution in [3.05, 3.63) is 47.5 Å². The van der Waals surface area contributed by atoms with Gasteiger partial charge in [-0.1, -0.05) is 11.6 Å². The monoisotopic (exact) mass is 341 g/mol. The van der Waals surface area contributed by atoms with Crippen molar-refractivity contribution in [2.24, 2.45) is 7.05 Å². The van der Waals surface area contributed by atoms with Gasteiger partial charge in [-0.15, -0.1) is 11.3 Å². The fraction of sp³-hybridized carbons (Fsp3) is 0.125. The molecule has 0 radical (unpaired) electrons. The number of thiazole rings is 1. The summed E-state index contributed by atoms with van der Waals surface area (Å²) < 4.78 is 1.78. The molecular formula is C16H12ClN5S. The Kier molecular flexibility index (Phi) is 3.36. The maximum atomic E-state index is 6.34. The van der Waals surface area contributed by atoms with E-state index < -0.39 is 0 Å². The minimum atomic E-state index is 0.458. The van der Waals surface area contributed by atoms with E-state index in [0.717, 1.165) is 37.9 Å². The number of aromatic nitrogens is 5. The first-order valence-corrected chi connectivity index (χ1v) is 8.20. The van der Waals surface area contributed by atoms with Crippen molar-refractivity contribution in [1.29, 1.82) is 0 Å². The summed E-state index contributed by atoms with van der Waals surface area (Å²) >= 11 is 7.85. The van der Waals surface area contributed by atoms with Crippen molar-refractivity contribution in [3.8, 4) is 21.1 Å². The molecule has 0 spiro atoms. The standard InChI is InChI=1S/C16H12ClN5S/c1-9-11-5-6-12(19-15(11)22(2)21-9)13-14(17)20-16(23-13)10-4-3-7-18-8-10/h3-8H,1-2H3. The average Bonchev–Trinajstić information content (AvgIpc) is 3.09. The second kappa shape index (κ2) is 5.40. The average molecular weight is 342 g/mol. The quantitative estimate of drug-likeness (QED) is 0.550. The molecule has 5 nitrogen and oxygen atoms in total. The van der Waals surface area contributed by atoms with Crippen LogP contribution in [-0.2, 0) is 7.05 Å². The number of nitrogens with zero attached hydrogens (tertiary/aromatic N) is 5. The number of halogens is 1. The van der Waals surface area contributed by atoms with Crippen LogP contribution in [-0.4, -0.2) is 24.7 Å². The predicted molar refractivity (Wildman–Crippen MR) is 92.6 cm³/mol. The fourth-order valence-corrected chi connectivity index (χ4v) is 3.77. The van der Waals surface area contributed by atoms with Crippen LogP contribution in [0, 0.1) is 6.92 Å². The lowest BCUT2D eigenvalue weighted by Crippen LogP contribution is -1.92. The highest BCUT2D eigenvalue weighted by Crippen LogP contribution is 2.37. The number of hydrogen-bond donors (Lipinski definition) is 0. The number of pyridine rings is 2. The van der Waals surface area contributed by atoms with Crippen LogP contribution in [0.15, 0.2) is 36.7 Å². The summed E-state index contributed by atoms with van der Waals surface area (Å²) in [6.45, 7) is 1.98. The van der Waals surface area contributed by atoms with Crippen molar-refractivity contribution in [1.82, 2.24) is 24.7 Å². The molecule has 0 unspecified atom stereocenters. The Balaban J connectivity index is 1.85. The van der Waals surface area contributed by atoms with Crippen molar-refractivity contribution >= 4 is 34.0 Å². The van der Waals surface area contributed by atoms with E-state index in [1.807, 2.05) is 38.2 Å². The van der Waals surface area contributed by atoms with Gasteiger partial charge in [0.2, 0.25) is 0 Å². The van der Waals surface area contributed by atoms with Crippen LogP contribution >= 0.6 is 22.9 Å². The van der Waals surface area contributed by atoms with Gasteiger partial charge in [0.25, 0.3) is 0 Å². The second-order valence-corrected chi connectivity index (χ2v) is 6.51. The molecule has 4 heterocycles. The Morgan fingerprint density at radius 2 is 2.04 bits per heavy atom. The molecule has 0 aliphatic heterocycles. The van der Waals surface area contributed by atoms with Crippen molar-refractivity contribution in [2.75, 3.05) is 0 Å². The van der Waals surface area contributed by atoms with E-state index in [9.17, 15) is 0 Å². The van der Waals surface area contributed by atoms with Gasteiger partial charge in [0.05, 0.1) is 16.3 Å². The largest absolute Gasteiger partial charge is 0.264 e. The molecule has 0 aliphatic carbocycles. The van der Waals surface area contributed by atoms with Crippen LogP contribution in [0.25, 0.3) is 32.2 Å². The predicted octanol–water partition coefficient (Wildman–Crippen LogP) is 4.12. The molecule has 0 saturated carbocycles. The van der Waals surface area contributed by atoms with Crippen molar-refractivity contribution in [3.63, 3.8) is 0 Å². The zero-order valence-corrected chi connectivity index (χ0v) is 14.1. The lowest BCUT2D eigenvalue weighted by molar-refractivity contribution is 0.774. The molecule has 0 fully saturated rings. The first-order chi connectivity index (χ1) is 11.1. The van der Waals surface area contributed by atoms with E-state index in [4.69, 9.17) is 16.6 Å². The van der Waals surface area contributed by atoms with Crippen LogP contribution in [0.2, 0.25) is 5.15 Å². The van der Waals surface area contributed by atoms with Gasteiger partial charge in [-0.25, -0.2) is 9.97 Å². The molecular weight excluding hydrogens is 330 g/mol. The van der Waals surface area contributed by atoms with Gasteiger partial charge in [-0.3, -0.25) is 9.67 Å². The van der Waals surface area contributed by atoms with E-state index in [1.54, 1.807) is 17.1 Å². The van der Waals surface area contributed by atoms with E-state index in [0.29, 0.717) is 5.15 Å². The topological polar surface area (TPSA) is 56.5 Å². The molecule has 0 aromatic carbocycles. The normalized spacial score (nSPS) is 11.3. The first-order valence-electron chi connectivity index (χ1n) is 7.01. The summed E-state index contributed by atoms with van der Waals surface area (Å²) in [7, 11) is 1.89.